The zero-order chi connectivity index (χ0) is 17.5. The van der Waals surface area contributed by atoms with E-state index in [1.165, 1.54) is 32.0 Å². The number of aliphatic hydroxyl groups is 1. The predicted octanol–water partition coefficient (Wildman–Crippen LogP) is 4.84. The van der Waals surface area contributed by atoms with Gasteiger partial charge in [0, 0.05) is 17.0 Å². The minimum atomic E-state index is -1.28. The van der Waals surface area contributed by atoms with Gasteiger partial charge in [0.25, 0.3) is 0 Å². The second-order valence-electron chi connectivity index (χ2n) is 6.19. The molecule has 5 heteroatoms. The summed E-state index contributed by atoms with van der Waals surface area (Å²) in [7, 11) is 0. The highest BCUT2D eigenvalue weighted by Gasteiger charge is 2.21. The molecule has 1 aromatic heterocycles. The van der Waals surface area contributed by atoms with Gasteiger partial charge >= 0.3 is 0 Å². The number of halogens is 2. The van der Waals surface area contributed by atoms with Crippen molar-refractivity contribution in [1.29, 1.82) is 0 Å². The van der Waals surface area contributed by atoms with Crippen LogP contribution in [-0.2, 0) is 5.60 Å². The Labute approximate surface area is 138 Å². The van der Waals surface area contributed by atoms with Gasteiger partial charge in [-0.2, -0.15) is 0 Å². The molecule has 0 aliphatic carbocycles. The maximum Gasteiger partial charge on any atom is 0.149 e. The number of rotatable bonds is 3. The molecule has 0 saturated heterocycles. The zero-order valence-corrected chi connectivity index (χ0v) is 13.6. The second kappa shape index (κ2) is 5.83. The van der Waals surface area contributed by atoms with E-state index in [1.54, 1.807) is 31.2 Å². The summed E-state index contributed by atoms with van der Waals surface area (Å²) in [5, 5.41) is 10.5. The Balaban J connectivity index is 1.98. The third-order valence-electron chi connectivity index (χ3n) is 3.77. The van der Waals surface area contributed by atoms with Crippen LogP contribution in [0.1, 0.15) is 25.1 Å². The highest BCUT2D eigenvalue weighted by atomic mass is 19.1. The van der Waals surface area contributed by atoms with Crippen molar-refractivity contribution in [3.05, 3.63) is 65.4 Å². The summed E-state index contributed by atoms with van der Waals surface area (Å²) in [6, 6.07) is 10.6. The molecule has 0 saturated carbocycles. The minimum absolute atomic E-state index is 0.185. The van der Waals surface area contributed by atoms with Crippen molar-refractivity contribution >= 4 is 10.9 Å². The van der Waals surface area contributed by atoms with E-state index in [1.807, 2.05) is 0 Å². The molecule has 2 aromatic carbocycles. The molecule has 0 aliphatic heterocycles. The molecule has 0 spiro atoms. The number of nitrogens with zero attached hydrogens (tertiary/aromatic N) is 1. The van der Waals surface area contributed by atoms with Crippen LogP contribution in [0.15, 0.2) is 42.5 Å². The van der Waals surface area contributed by atoms with Crippen molar-refractivity contribution in [2.24, 2.45) is 0 Å². The van der Waals surface area contributed by atoms with Crippen molar-refractivity contribution in [3.63, 3.8) is 0 Å². The van der Waals surface area contributed by atoms with Gasteiger partial charge in [-0.15, -0.1) is 0 Å². The number of aryl methyl sites for hydroxylation is 1. The lowest BCUT2D eigenvalue weighted by molar-refractivity contribution is 0.0745. The van der Waals surface area contributed by atoms with Gasteiger partial charge in [0.1, 0.15) is 28.7 Å². The monoisotopic (exact) mass is 329 g/mol. The van der Waals surface area contributed by atoms with Crippen LogP contribution in [0, 0.1) is 18.6 Å². The van der Waals surface area contributed by atoms with Crippen LogP contribution >= 0.6 is 0 Å². The molecular weight excluding hydrogens is 312 g/mol. The van der Waals surface area contributed by atoms with E-state index in [-0.39, 0.29) is 16.8 Å². The molecule has 3 nitrogen and oxygen atoms in total. The molecule has 0 bridgehead atoms. The van der Waals surface area contributed by atoms with Crippen LogP contribution in [0.2, 0.25) is 0 Å². The standard InChI is InChI=1S/C19H17F2NO2/c1-11-17(9-12-5-4-6-15(20)18(12)22-11)24-13-7-8-14(16(21)10-13)19(2,3)23/h4-10,23H,1-3H3. The molecule has 3 aromatic rings. The fraction of sp³-hybridized carbons (Fsp3) is 0.211. The van der Waals surface area contributed by atoms with E-state index in [2.05, 4.69) is 4.98 Å². The zero-order valence-electron chi connectivity index (χ0n) is 13.6. The number of aromatic nitrogens is 1. The van der Waals surface area contributed by atoms with Crippen LogP contribution in [0.25, 0.3) is 10.9 Å². The summed E-state index contributed by atoms with van der Waals surface area (Å²) in [5.41, 5.74) is -0.323. The molecule has 1 N–H and O–H groups in total. The van der Waals surface area contributed by atoms with Crippen LogP contribution in [-0.4, -0.2) is 10.1 Å². The molecule has 0 aliphatic rings. The minimum Gasteiger partial charge on any atom is -0.455 e. The van der Waals surface area contributed by atoms with Gasteiger partial charge in [-0.3, -0.25) is 0 Å². The van der Waals surface area contributed by atoms with Crippen LogP contribution < -0.4 is 4.74 Å². The first-order chi connectivity index (χ1) is 11.3. The first-order valence-corrected chi connectivity index (χ1v) is 7.52. The van der Waals surface area contributed by atoms with E-state index in [4.69, 9.17) is 4.74 Å². The summed E-state index contributed by atoms with van der Waals surface area (Å²) < 4.78 is 33.6. The lowest BCUT2D eigenvalue weighted by Crippen LogP contribution is -2.17. The number of benzene rings is 2. The van der Waals surface area contributed by atoms with Crippen molar-refractivity contribution in [3.8, 4) is 11.5 Å². The summed E-state index contributed by atoms with van der Waals surface area (Å²) in [6.45, 7) is 4.72. The maximum absolute atomic E-state index is 14.2. The molecule has 0 amide bonds. The van der Waals surface area contributed by atoms with Crippen molar-refractivity contribution in [2.75, 3.05) is 0 Å². The highest BCUT2D eigenvalue weighted by molar-refractivity contribution is 5.81. The number of para-hydroxylation sites is 1. The van der Waals surface area contributed by atoms with Crippen molar-refractivity contribution < 1.29 is 18.6 Å². The Morgan fingerprint density at radius 2 is 1.79 bits per heavy atom. The quantitative estimate of drug-likeness (QED) is 0.747. The number of fused-ring (bicyclic) bond motifs is 1. The van der Waals surface area contributed by atoms with Gasteiger partial charge in [-0.25, -0.2) is 13.8 Å². The Morgan fingerprint density at radius 1 is 1.04 bits per heavy atom. The Bertz CT molecular complexity index is 917. The van der Waals surface area contributed by atoms with Crippen LogP contribution in [0.3, 0.4) is 0 Å². The average Bonchev–Trinajstić information content (AvgIpc) is 2.48. The van der Waals surface area contributed by atoms with Crippen molar-refractivity contribution in [1.82, 2.24) is 4.98 Å². The number of hydrogen-bond donors (Lipinski definition) is 1. The topological polar surface area (TPSA) is 42.4 Å². The largest absolute Gasteiger partial charge is 0.455 e. The van der Waals surface area contributed by atoms with Gasteiger partial charge in [0.05, 0.1) is 11.3 Å². The molecule has 3 rings (SSSR count). The predicted molar refractivity (Wildman–Crippen MR) is 88.2 cm³/mol. The van der Waals surface area contributed by atoms with E-state index in [9.17, 15) is 13.9 Å². The molecule has 0 unspecified atom stereocenters. The molecular formula is C19H17F2NO2. The van der Waals surface area contributed by atoms with Crippen molar-refractivity contribution in [2.45, 2.75) is 26.4 Å². The van der Waals surface area contributed by atoms with Crippen LogP contribution in [0.4, 0.5) is 8.78 Å². The normalized spacial score (nSPS) is 11.8. The molecule has 124 valence electrons. The molecule has 0 atom stereocenters. The Morgan fingerprint density at radius 3 is 2.46 bits per heavy atom. The lowest BCUT2D eigenvalue weighted by atomic mass is 9.98. The third-order valence-corrected chi connectivity index (χ3v) is 3.77. The molecule has 0 fully saturated rings. The van der Waals surface area contributed by atoms with Gasteiger partial charge < -0.3 is 9.84 Å². The highest BCUT2D eigenvalue weighted by Crippen LogP contribution is 2.31. The van der Waals surface area contributed by atoms with E-state index in [0.717, 1.165) is 0 Å². The number of pyridine rings is 1. The molecule has 24 heavy (non-hydrogen) atoms. The Hall–Kier alpha value is -2.53. The first kappa shape index (κ1) is 16.3. The molecule has 1 heterocycles. The Kier molecular flexibility index (Phi) is 3.97. The van der Waals surface area contributed by atoms with Gasteiger partial charge in [0.15, 0.2) is 0 Å². The van der Waals surface area contributed by atoms with Gasteiger partial charge in [0.2, 0.25) is 0 Å². The maximum atomic E-state index is 14.2. The summed E-state index contributed by atoms with van der Waals surface area (Å²) in [4.78, 5) is 4.22. The SMILES string of the molecule is Cc1nc2c(F)cccc2cc1Oc1ccc(C(C)(C)O)c(F)c1. The summed E-state index contributed by atoms with van der Waals surface area (Å²) >= 11 is 0. The number of hydrogen-bond acceptors (Lipinski definition) is 3. The second-order valence-corrected chi connectivity index (χ2v) is 6.19. The smallest absolute Gasteiger partial charge is 0.149 e. The van der Waals surface area contributed by atoms with Gasteiger partial charge in [-0.1, -0.05) is 12.1 Å². The fourth-order valence-electron chi connectivity index (χ4n) is 2.52. The fourth-order valence-corrected chi connectivity index (χ4v) is 2.52. The summed E-state index contributed by atoms with van der Waals surface area (Å²) in [6.07, 6.45) is 0. The van der Waals surface area contributed by atoms with Crippen LogP contribution in [0.5, 0.6) is 11.5 Å². The van der Waals surface area contributed by atoms with E-state index < -0.39 is 17.2 Å². The van der Waals surface area contributed by atoms with E-state index >= 15 is 0 Å². The molecule has 0 radical (unpaired) electrons. The first-order valence-electron chi connectivity index (χ1n) is 7.52. The number of ether oxygens (including phenoxy) is 1. The van der Waals surface area contributed by atoms with E-state index in [0.29, 0.717) is 16.8 Å². The average molecular weight is 329 g/mol. The summed E-state index contributed by atoms with van der Waals surface area (Å²) in [5.74, 6) is -0.259. The lowest BCUT2D eigenvalue weighted by Gasteiger charge is -2.19. The van der Waals surface area contributed by atoms with Gasteiger partial charge in [-0.05, 0) is 45.0 Å². The third kappa shape index (κ3) is 3.08.